The zero-order chi connectivity index (χ0) is 23.8. The van der Waals surface area contributed by atoms with Crippen LogP contribution in [0.2, 0.25) is 0 Å². The van der Waals surface area contributed by atoms with Crippen molar-refractivity contribution in [2.24, 2.45) is 0 Å². The van der Waals surface area contributed by atoms with E-state index in [0.29, 0.717) is 17.2 Å². The highest BCUT2D eigenvalue weighted by Gasteiger charge is 2.24. The van der Waals surface area contributed by atoms with Crippen LogP contribution in [0.1, 0.15) is 15.9 Å². The molecular formula is C28H18BrN3OS2. The van der Waals surface area contributed by atoms with Gasteiger partial charge in [-0.05, 0) is 47.3 Å². The lowest BCUT2D eigenvalue weighted by Crippen LogP contribution is -2.30. The number of pyridine rings is 1. The number of hydrogen-bond acceptors (Lipinski definition) is 5. The van der Waals surface area contributed by atoms with Gasteiger partial charge in [0.15, 0.2) is 5.13 Å². The van der Waals surface area contributed by atoms with Gasteiger partial charge in [0.1, 0.15) is 0 Å². The lowest BCUT2D eigenvalue weighted by molar-refractivity contribution is 0.0986. The molecule has 3 aromatic heterocycles. The van der Waals surface area contributed by atoms with E-state index in [-0.39, 0.29) is 5.91 Å². The van der Waals surface area contributed by atoms with Crippen LogP contribution in [0, 0.1) is 0 Å². The molecule has 0 N–H and O–H groups in total. The number of aromatic nitrogens is 2. The van der Waals surface area contributed by atoms with Gasteiger partial charge in [-0.3, -0.25) is 9.69 Å². The number of fused-ring (bicyclic) bond motifs is 2. The van der Waals surface area contributed by atoms with Gasteiger partial charge in [-0.2, -0.15) is 0 Å². The molecule has 0 aliphatic heterocycles. The molecule has 0 atom stereocenters. The summed E-state index contributed by atoms with van der Waals surface area (Å²) in [7, 11) is 0. The second-order valence-electron chi connectivity index (χ2n) is 8.03. The first kappa shape index (κ1) is 22.1. The van der Waals surface area contributed by atoms with Gasteiger partial charge in [0.25, 0.3) is 5.91 Å². The fraction of sp³-hybridized carbons (Fsp3) is 0.0357. The van der Waals surface area contributed by atoms with Crippen molar-refractivity contribution >= 4 is 70.8 Å². The monoisotopic (exact) mass is 555 g/mol. The van der Waals surface area contributed by atoms with Crippen LogP contribution >= 0.6 is 38.6 Å². The molecule has 0 spiro atoms. The van der Waals surface area contributed by atoms with Gasteiger partial charge < -0.3 is 0 Å². The van der Waals surface area contributed by atoms with E-state index in [1.54, 1.807) is 16.2 Å². The first-order valence-electron chi connectivity index (χ1n) is 11.0. The number of thiazole rings is 1. The summed E-state index contributed by atoms with van der Waals surface area (Å²) in [4.78, 5) is 26.8. The molecular weight excluding hydrogens is 538 g/mol. The Hall–Kier alpha value is -3.39. The largest absolute Gasteiger partial charge is 0.279 e. The molecule has 3 aromatic carbocycles. The van der Waals surface area contributed by atoms with Crippen LogP contribution in [-0.4, -0.2) is 15.9 Å². The third-order valence-corrected chi connectivity index (χ3v) is 8.15. The number of carbonyl (C=O) groups excluding carboxylic acids is 1. The number of carbonyl (C=O) groups is 1. The lowest BCUT2D eigenvalue weighted by Gasteiger charge is -2.21. The van der Waals surface area contributed by atoms with Crippen LogP contribution in [0.3, 0.4) is 0 Å². The quantitative estimate of drug-likeness (QED) is 0.215. The van der Waals surface area contributed by atoms with Crippen molar-refractivity contribution in [1.29, 1.82) is 0 Å². The van der Waals surface area contributed by atoms with Crippen molar-refractivity contribution < 1.29 is 4.79 Å². The molecule has 0 saturated heterocycles. The fourth-order valence-corrected chi connectivity index (χ4v) is 6.24. The zero-order valence-corrected chi connectivity index (χ0v) is 21.6. The molecule has 35 heavy (non-hydrogen) atoms. The van der Waals surface area contributed by atoms with Crippen molar-refractivity contribution in [3.05, 3.63) is 112 Å². The lowest BCUT2D eigenvalue weighted by atomic mass is 10.1. The highest BCUT2D eigenvalue weighted by atomic mass is 79.9. The Morgan fingerprint density at radius 1 is 0.857 bits per heavy atom. The summed E-state index contributed by atoms with van der Waals surface area (Å²) < 4.78 is 2.01. The van der Waals surface area contributed by atoms with Crippen molar-refractivity contribution in [3.8, 4) is 10.6 Å². The van der Waals surface area contributed by atoms with Crippen LogP contribution in [0.4, 0.5) is 5.13 Å². The molecule has 6 rings (SSSR count). The molecule has 0 saturated carbocycles. The molecule has 7 heteroatoms. The SMILES string of the molecule is O=C(c1cc(-c2cccs2)nc2ccccc12)N(Cc1ccccc1)c1nc2ccc(Br)cc2s1. The molecule has 0 aliphatic rings. The van der Waals surface area contributed by atoms with Crippen LogP contribution < -0.4 is 4.90 Å². The molecule has 1 amide bonds. The van der Waals surface area contributed by atoms with Crippen LogP contribution in [-0.2, 0) is 6.54 Å². The fourth-order valence-electron chi connectivity index (χ4n) is 4.04. The summed E-state index contributed by atoms with van der Waals surface area (Å²) >= 11 is 6.68. The van der Waals surface area contributed by atoms with Gasteiger partial charge in [-0.15, -0.1) is 11.3 Å². The molecule has 6 aromatic rings. The van der Waals surface area contributed by atoms with Crippen molar-refractivity contribution in [3.63, 3.8) is 0 Å². The molecule has 0 aliphatic carbocycles. The number of hydrogen-bond donors (Lipinski definition) is 0. The number of thiophene rings is 1. The summed E-state index contributed by atoms with van der Waals surface area (Å²) in [6.45, 7) is 0.422. The van der Waals surface area contributed by atoms with E-state index in [2.05, 4.69) is 15.9 Å². The van der Waals surface area contributed by atoms with Crippen LogP contribution in [0.25, 0.3) is 31.7 Å². The molecule has 4 nitrogen and oxygen atoms in total. The number of rotatable bonds is 5. The number of para-hydroxylation sites is 1. The van der Waals surface area contributed by atoms with Gasteiger partial charge in [0, 0.05) is 9.86 Å². The highest BCUT2D eigenvalue weighted by Crippen LogP contribution is 2.34. The third kappa shape index (κ3) is 4.38. The second kappa shape index (κ2) is 9.34. The molecule has 0 fully saturated rings. The first-order chi connectivity index (χ1) is 17.2. The predicted octanol–water partition coefficient (Wildman–Crippen LogP) is 8.18. The average Bonchev–Trinajstić information content (AvgIpc) is 3.57. The minimum Gasteiger partial charge on any atom is -0.279 e. The molecule has 0 unspecified atom stereocenters. The minimum absolute atomic E-state index is 0.0941. The summed E-state index contributed by atoms with van der Waals surface area (Å²) in [5, 5.41) is 3.53. The van der Waals surface area contributed by atoms with Gasteiger partial charge >= 0.3 is 0 Å². The highest BCUT2D eigenvalue weighted by molar-refractivity contribution is 9.10. The normalized spacial score (nSPS) is 11.2. The molecule has 3 heterocycles. The maximum atomic E-state index is 14.3. The Kier molecular flexibility index (Phi) is 5.90. The Bertz CT molecular complexity index is 1660. The van der Waals surface area contributed by atoms with E-state index in [0.717, 1.165) is 41.7 Å². The topological polar surface area (TPSA) is 46.1 Å². The Labute approximate surface area is 218 Å². The molecule has 0 bridgehead atoms. The predicted molar refractivity (Wildman–Crippen MR) is 149 cm³/mol. The standard InChI is InChI=1S/C28H18BrN3OS2/c29-19-12-13-23-26(15-19)35-28(31-23)32(17-18-7-2-1-3-8-18)27(33)21-16-24(25-11-6-14-34-25)30-22-10-5-4-9-20(21)22/h1-16H,17H2. The summed E-state index contributed by atoms with van der Waals surface area (Å²) in [5.74, 6) is -0.0941. The maximum absolute atomic E-state index is 14.3. The van der Waals surface area contributed by atoms with Crippen molar-refractivity contribution in [2.45, 2.75) is 6.54 Å². The van der Waals surface area contributed by atoms with E-state index in [1.165, 1.54) is 11.3 Å². The molecule has 0 radical (unpaired) electrons. The summed E-state index contributed by atoms with van der Waals surface area (Å²) in [6.07, 6.45) is 0. The van der Waals surface area contributed by atoms with E-state index in [4.69, 9.17) is 9.97 Å². The third-order valence-electron chi connectivity index (χ3n) is 5.72. The van der Waals surface area contributed by atoms with E-state index >= 15 is 0 Å². The number of amides is 1. The number of benzene rings is 3. The second-order valence-corrected chi connectivity index (χ2v) is 10.9. The zero-order valence-electron chi connectivity index (χ0n) is 18.4. The van der Waals surface area contributed by atoms with Crippen molar-refractivity contribution in [2.75, 3.05) is 4.90 Å². The number of nitrogens with zero attached hydrogens (tertiary/aromatic N) is 3. The average molecular weight is 557 g/mol. The van der Waals surface area contributed by atoms with Crippen molar-refractivity contribution in [1.82, 2.24) is 9.97 Å². The van der Waals surface area contributed by atoms with Gasteiger partial charge in [-0.1, -0.05) is 81.9 Å². The summed E-state index contributed by atoms with van der Waals surface area (Å²) in [6, 6.07) is 29.8. The summed E-state index contributed by atoms with van der Waals surface area (Å²) in [5.41, 5.74) is 4.14. The van der Waals surface area contributed by atoms with Gasteiger partial charge in [-0.25, -0.2) is 9.97 Å². The Morgan fingerprint density at radius 3 is 2.51 bits per heavy atom. The van der Waals surface area contributed by atoms with Crippen LogP contribution in [0.15, 0.2) is 101 Å². The number of anilines is 1. The minimum atomic E-state index is -0.0941. The Morgan fingerprint density at radius 2 is 1.69 bits per heavy atom. The maximum Gasteiger partial charge on any atom is 0.261 e. The van der Waals surface area contributed by atoms with Gasteiger partial charge in [0.05, 0.1) is 38.4 Å². The smallest absolute Gasteiger partial charge is 0.261 e. The van der Waals surface area contributed by atoms with E-state index in [9.17, 15) is 4.79 Å². The van der Waals surface area contributed by atoms with Gasteiger partial charge in [0.2, 0.25) is 0 Å². The number of halogens is 1. The van der Waals surface area contributed by atoms with E-state index in [1.807, 2.05) is 96.4 Å². The first-order valence-corrected chi connectivity index (χ1v) is 13.5. The van der Waals surface area contributed by atoms with Crippen LogP contribution in [0.5, 0.6) is 0 Å². The van der Waals surface area contributed by atoms with E-state index < -0.39 is 0 Å². The Balaban J connectivity index is 1.52. The molecule has 170 valence electrons.